The summed E-state index contributed by atoms with van der Waals surface area (Å²) in [5.41, 5.74) is 0. The number of carbonyl (C=O) groups is 2. The van der Waals surface area contributed by atoms with Gasteiger partial charge in [0.25, 0.3) is 0 Å². The van der Waals surface area contributed by atoms with E-state index in [1.165, 1.54) is 0 Å². The van der Waals surface area contributed by atoms with Crippen LogP contribution in [-0.2, 0) is 9.59 Å². The van der Waals surface area contributed by atoms with Crippen LogP contribution in [0.15, 0.2) is 0 Å². The second-order valence-corrected chi connectivity index (χ2v) is 4.28. The molecule has 0 bridgehead atoms. The summed E-state index contributed by atoms with van der Waals surface area (Å²) in [5.74, 6) is -3.83. The maximum Gasteiger partial charge on any atom is 0.335 e. The largest absolute Gasteiger partial charge is 0.547 e. The molecule has 0 aliphatic heterocycles. The summed E-state index contributed by atoms with van der Waals surface area (Å²) in [6.07, 6.45) is -4.71. The first-order valence-corrected chi connectivity index (χ1v) is 4.74. The van der Waals surface area contributed by atoms with E-state index in [1.807, 2.05) is 0 Å². The van der Waals surface area contributed by atoms with Gasteiger partial charge in [-0.05, 0) is 0 Å². The number of aliphatic carboxylic acids is 2. The number of quaternary nitrogens is 1. The van der Waals surface area contributed by atoms with Gasteiger partial charge in [0, 0.05) is 0 Å². The summed E-state index contributed by atoms with van der Waals surface area (Å²) in [4.78, 5) is 19.4. The highest BCUT2D eigenvalue weighted by atomic mass is 16.4. The van der Waals surface area contributed by atoms with E-state index in [0.29, 0.717) is 0 Å². The Bertz CT molecular complexity index is 230. The number of hydrogen-bond donors (Lipinski definition) is 4. The highest BCUT2D eigenvalue weighted by Crippen LogP contribution is 1.90. The van der Waals surface area contributed by atoms with Gasteiger partial charge in [0.05, 0.1) is 33.7 Å². The summed E-state index contributed by atoms with van der Waals surface area (Å²) in [6.45, 7) is 1.11. The van der Waals surface area contributed by atoms with Crippen molar-refractivity contribution in [1.29, 1.82) is 0 Å². The van der Waals surface area contributed by atoms with Crippen molar-refractivity contribution >= 4 is 11.9 Å². The molecule has 1 unspecified atom stereocenters. The quantitative estimate of drug-likeness (QED) is 0.369. The molecular formula is C9H19NO7. The van der Waals surface area contributed by atoms with E-state index in [2.05, 4.69) is 21.1 Å². The molecule has 0 spiro atoms. The Morgan fingerprint density at radius 2 is 1.59 bits per heavy atom. The molecule has 0 aromatic carbocycles. The van der Waals surface area contributed by atoms with Crippen molar-refractivity contribution in [3.8, 4) is 0 Å². The van der Waals surface area contributed by atoms with Crippen molar-refractivity contribution in [1.82, 2.24) is 0 Å². The minimum Gasteiger partial charge on any atom is -0.547 e. The predicted molar refractivity (Wildman–Crippen MR) is 54.6 cm³/mol. The van der Waals surface area contributed by atoms with Gasteiger partial charge in [-0.25, -0.2) is 4.79 Å². The number of carbonyl (C=O) groups excluding carboxylic acids is 1. The Kier molecular flexibility index (Phi) is 8.50. The lowest BCUT2D eigenvalue weighted by atomic mass is 10.2. The van der Waals surface area contributed by atoms with E-state index in [1.54, 1.807) is 0 Å². The topological polar surface area (TPSA) is 138 Å². The Morgan fingerprint density at radius 3 is 1.65 bits per heavy atom. The van der Waals surface area contributed by atoms with E-state index >= 15 is 0 Å². The van der Waals surface area contributed by atoms with Crippen LogP contribution in [-0.4, -0.2) is 83.4 Å². The normalized spacial score (nSPS) is 14.2. The van der Waals surface area contributed by atoms with Gasteiger partial charge in [0.15, 0.2) is 6.10 Å². The van der Waals surface area contributed by atoms with Gasteiger partial charge >= 0.3 is 5.97 Å². The fourth-order valence-corrected chi connectivity index (χ4v) is 0.564. The molecule has 0 radical (unpaired) electrons. The molecule has 0 aliphatic carbocycles. The van der Waals surface area contributed by atoms with E-state index in [-0.39, 0.29) is 6.61 Å². The van der Waals surface area contributed by atoms with Crippen molar-refractivity contribution < 1.29 is 39.6 Å². The Morgan fingerprint density at radius 1 is 1.18 bits per heavy atom. The molecule has 0 saturated heterocycles. The van der Waals surface area contributed by atoms with Gasteiger partial charge in [-0.2, -0.15) is 0 Å². The summed E-state index contributed by atoms with van der Waals surface area (Å²) in [6, 6.07) is 0. The molecule has 0 rings (SSSR count). The van der Waals surface area contributed by atoms with Crippen molar-refractivity contribution in [2.45, 2.75) is 12.2 Å². The van der Waals surface area contributed by atoms with E-state index < -0.39 is 24.1 Å². The zero-order valence-electron chi connectivity index (χ0n) is 10.0. The summed E-state index contributed by atoms with van der Waals surface area (Å²) < 4.78 is 0.844. The maximum absolute atomic E-state index is 9.74. The second kappa shape index (κ2) is 7.96. The molecule has 2 atom stereocenters. The van der Waals surface area contributed by atoms with Crippen LogP contribution in [0.2, 0.25) is 0 Å². The molecule has 0 aromatic heterocycles. The third-order valence-corrected chi connectivity index (χ3v) is 1.56. The van der Waals surface area contributed by atoms with Crippen LogP contribution in [0.1, 0.15) is 0 Å². The van der Waals surface area contributed by atoms with Gasteiger partial charge in [-0.15, -0.1) is 0 Å². The number of aliphatic hydroxyl groups excluding tert-OH is 3. The zero-order chi connectivity index (χ0) is 14.2. The lowest BCUT2D eigenvalue weighted by molar-refractivity contribution is -0.870. The number of likely N-dealkylation sites (N-methyl/N-ethyl adjacent to an activating group) is 1. The van der Waals surface area contributed by atoms with Gasteiger partial charge in [-0.1, -0.05) is 0 Å². The molecule has 0 aliphatic rings. The monoisotopic (exact) mass is 253 g/mol. The zero-order valence-corrected chi connectivity index (χ0v) is 10.0. The SMILES string of the molecule is C[N+](C)(C)CCO.O=C(O)C(O)[C@@H](O)C(=O)[O-]. The molecular weight excluding hydrogens is 234 g/mol. The number of hydrogen-bond acceptors (Lipinski definition) is 6. The third kappa shape index (κ3) is 11.1. The summed E-state index contributed by atoms with van der Waals surface area (Å²) >= 11 is 0. The average Bonchev–Trinajstić information content (AvgIpc) is 2.14. The number of aliphatic hydroxyl groups is 3. The molecule has 4 N–H and O–H groups in total. The van der Waals surface area contributed by atoms with Crippen LogP contribution < -0.4 is 5.11 Å². The molecule has 8 heteroatoms. The fourth-order valence-electron chi connectivity index (χ4n) is 0.564. The molecule has 0 saturated carbocycles. The average molecular weight is 253 g/mol. The van der Waals surface area contributed by atoms with Gasteiger partial charge < -0.3 is 34.8 Å². The van der Waals surface area contributed by atoms with E-state index in [9.17, 15) is 14.7 Å². The van der Waals surface area contributed by atoms with Crippen molar-refractivity contribution in [2.75, 3.05) is 34.3 Å². The highest BCUT2D eigenvalue weighted by molar-refractivity contribution is 5.81. The lowest BCUT2D eigenvalue weighted by Crippen LogP contribution is -2.46. The molecule has 8 nitrogen and oxygen atoms in total. The fraction of sp³-hybridized carbons (Fsp3) is 0.778. The van der Waals surface area contributed by atoms with Crippen molar-refractivity contribution in [3.63, 3.8) is 0 Å². The molecule has 0 aromatic rings. The van der Waals surface area contributed by atoms with Crippen molar-refractivity contribution in [3.05, 3.63) is 0 Å². The highest BCUT2D eigenvalue weighted by Gasteiger charge is 2.23. The molecule has 0 amide bonds. The minimum absolute atomic E-state index is 0.281. The number of nitrogens with zero attached hydrogens (tertiary/aromatic N) is 1. The van der Waals surface area contributed by atoms with Crippen LogP contribution in [0.25, 0.3) is 0 Å². The molecule has 0 fully saturated rings. The lowest BCUT2D eigenvalue weighted by Gasteiger charge is -2.21. The van der Waals surface area contributed by atoms with Crippen LogP contribution in [0, 0.1) is 0 Å². The first-order chi connectivity index (χ1) is 7.52. The Labute approximate surface area is 98.9 Å². The molecule has 102 valence electrons. The van der Waals surface area contributed by atoms with Crippen molar-refractivity contribution in [2.24, 2.45) is 0 Å². The summed E-state index contributed by atoms with van der Waals surface area (Å²) in [5, 5.41) is 42.5. The Balaban J connectivity index is 0. The van der Waals surface area contributed by atoms with Gasteiger partial charge in [0.1, 0.15) is 12.6 Å². The standard InChI is InChI=1S/C5H14NO.C4H6O6/c1-6(2,3)4-5-7;5-1(3(7)8)2(6)4(9)10/h7H,4-5H2,1-3H3;1-2,5-6H,(H,7,8)(H,9,10)/q+1;/p-1/t;1-,2?/m.1/s1. The number of carboxylic acids is 2. The first kappa shape index (κ1) is 18.2. The van der Waals surface area contributed by atoms with E-state index in [4.69, 9.17) is 20.4 Å². The van der Waals surface area contributed by atoms with Crippen LogP contribution in [0.4, 0.5) is 0 Å². The smallest absolute Gasteiger partial charge is 0.335 e. The maximum atomic E-state index is 9.74. The predicted octanol–water partition coefficient (Wildman–Crippen LogP) is -3.77. The van der Waals surface area contributed by atoms with Crippen LogP contribution in [0.3, 0.4) is 0 Å². The molecule has 0 heterocycles. The Hall–Kier alpha value is -1.22. The van der Waals surface area contributed by atoms with Gasteiger partial charge in [-0.3, -0.25) is 0 Å². The van der Waals surface area contributed by atoms with E-state index in [0.717, 1.165) is 11.0 Å². The van der Waals surface area contributed by atoms with Gasteiger partial charge in [0.2, 0.25) is 0 Å². The third-order valence-electron chi connectivity index (χ3n) is 1.56. The first-order valence-electron chi connectivity index (χ1n) is 4.74. The minimum atomic E-state index is -2.38. The van der Waals surface area contributed by atoms with Crippen LogP contribution >= 0.6 is 0 Å². The number of rotatable bonds is 5. The summed E-state index contributed by atoms with van der Waals surface area (Å²) in [7, 11) is 6.16. The van der Waals surface area contributed by atoms with Crippen LogP contribution in [0.5, 0.6) is 0 Å². The second-order valence-electron chi connectivity index (χ2n) is 4.28. The number of carboxylic acid groups (broad SMARTS) is 2. The molecule has 17 heavy (non-hydrogen) atoms.